The van der Waals surface area contributed by atoms with Crippen molar-refractivity contribution in [3.05, 3.63) is 53.4 Å². The van der Waals surface area contributed by atoms with Crippen molar-refractivity contribution in [3.63, 3.8) is 0 Å². The quantitative estimate of drug-likeness (QED) is 0.725. The highest BCUT2D eigenvalue weighted by atomic mass is 19.1. The molecule has 0 unspecified atom stereocenters. The molecule has 3 aromatic heterocycles. The summed E-state index contributed by atoms with van der Waals surface area (Å²) in [6.07, 6.45) is 2.70. The van der Waals surface area contributed by atoms with Crippen molar-refractivity contribution in [2.45, 2.75) is 6.54 Å². The van der Waals surface area contributed by atoms with Gasteiger partial charge in [-0.05, 0) is 6.07 Å². The standard InChI is InChI=1S/C13H6F3N5/c14-7-1-8-12(2-17)20-21(13(8)19-3-7)6-9-10(15)4-18-5-11(9)16/h1,3-5H,6H2. The molecule has 0 atom stereocenters. The van der Waals surface area contributed by atoms with E-state index in [0.29, 0.717) is 0 Å². The molecule has 0 N–H and O–H groups in total. The third kappa shape index (κ3) is 2.18. The van der Waals surface area contributed by atoms with Crippen LogP contribution in [0.25, 0.3) is 11.0 Å². The van der Waals surface area contributed by atoms with Crippen LogP contribution in [-0.2, 0) is 6.54 Å². The third-order valence-corrected chi connectivity index (χ3v) is 2.92. The van der Waals surface area contributed by atoms with E-state index in [0.717, 1.165) is 29.3 Å². The smallest absolute Gasteiger partial charge is 0.172 e. The lowest BCUT2D eigenvalue weighted by Gasteiger charge is -2.05. The summed E-state index contributed by atoms with van der Waals surface area (Å²) in [4.78, 5) is 7.20. The molecular formula is C13H6F3N5. The van der Waals surface area contributed by atoms with Gasteiger partial charge in [0.2, 0.25) is 0 Å². The number of nitrogens with zero attached hydrogens (tertiary/aromatic N) is 5. The summed E-state index contributed by atoms with van der Waals surface area (Å²) in [6.45, 7) is -0.281. The van der Waals surface area contributed by atoms with Crippen molar-refractivity contribution in [1.82, 2.24) is 19.7 Å². The molecule has 21 heavy (non-hydrogen) atoms. The fraction of sp³-hybridized carbons (Fsp3) is 0.0769. The zero-order valence-electron chi connectivity index (χ0n) is 10.4. The van der Waals surface area contributed by atoms with Crippen LogP contribution in [0, 0.1) is 28.8 Å². The molecule has 0 spiro atoms. The number of aromatic nitrogens is 4. The molecule has 0 aliphatic rings. The van der Waals surface area contributed by atoms with E-state index in [9.17, 15) is 13.2 Å². The number of pyridine rings is 2. The first-order valence-electron chi connectivity index (χ1n) is 5.80. The minimum atomic E-state index is -0.834. The SMILES string of the molecule is N#Cc1nn(Cc2c(F)cncc2F)c2ncc(F)cc12. The molecule has 0 radical (unpaired) electrons. The van der Waals surface area contributed by atoms with Crippen molar-refractivity contribution in [1.29, 1.82) is 5.26 Å². The molecule has 5 nitrogen and oxygen atoms in total. The maximum absolute atomic E-state index is 13.6. The van der Waals surface area contributed by atoms with E-state index in [1.807, 2.05) is 0 Å². The Hall–Kier alpha value is -2.95. The minimum absolute atomic E-state index is 0.0631. The third-order valence-electron chi connectivity index (χ3n) is 2.92. The Bertz CT molecular complexity index is 861. The summed E-state index contributed by atoms with van der Waals surface area (Å²) < 4.78 is 41.5. The van der Waals surface area contributed by atoms with Crippen molar-refractivity contribution in [2.75, 3.05) is 0 Å². The lowest BCUT2D eigenvalue weighted by Crippen LogP contribution is -2.07. The van der Waals surface area contributed by atoms with Gasteiger partial charge in [0.25, 0.3) is 0 Å². The van der Waals surface area contributed by atoms with Gasteiger partial charge in [0, 0.05) is 5.56 Å². The molecule has 3 heterocycles. The Morgan fingerprint density at radius 3 is 2.52 bits per heavy atom. The fourth-order valence-corrected chi connectivity index (χ4v) is 1.97. The van der Waals surface area contributed by atoms with Crippen LogP contribution in [0.1, 0.15) is 11.3 Å². The number of nitriles is 1. The highest BCUT2D eigenvalue weighted by Gasteiger charge is 2.16. The first-order chi connectivity index (χ1) is 10.1. The fourth-order valence-electron chi connectivity index (χ4n) is 1.97. The predicted molar refractivity (Wildman–Crippen MR) is 65.5 cm³/mol. The molecule has 0 amide bonds. The van der Waals surface area contributed by atoms with Crippen molar-refractivity contribution in [3.8, 4) is 6.07 Å². The number of fused-ring (bicyclic) bond motifs is 1. The average Bonchev–Trinajstić information content (AvgIpc) is 2.80. The minimum Gasteiger partial charge on any atom is -0.259 e. The molecule has 8 heteroatoms. The monoisotopic (exact) mass is 289 g/mol. The van der Waals surface area contributed by atoms with Crippen LogP contribution in [0.15, 0.2) is 24.7 Å². The van der Waals surface area contributed by atoms with Crippen molar-refractivity contribution in [2.24, 2.45) is 0 Å². The molecule has 0 bridgehead atoms. The van der Waals surface area contributed by atoms with Gasteiger partial charge in [0.05, 0.1) is 30.5 Å². The zero-order chi connectivity index (χ0) is 15.0. The van der Waals surface area contributed by atoms with E-state index in [2.05, 4.69) is 15.1 Å². The molecule has 0 aliphatic heterocycles. The van der Waals surface area contributed by atoms with Crippen LogP contribution in [-0.4, -0.2) is 19.7 Å². The largest absolute Gasteiger partial charge is 0.259 e. The van der Waals surface area contributed by atoms with Crippen LogP contribution in [0.2, 0.25) is 0 Å². The molecule has 0 saturated carbocycles. The Morgan fingerprint density at radius 1 is 1.14 bits per heavy atom. The summed E-state index contributed by atoms with van der Waals surface area (Å²) in [5.41, 5.74) is -0.152. The van der Waals surface area contributed by atoms with E-state index in [1.54, 1.807) is 6.07 Å². The van der Waals surface area contributed by atoms with Crippen LogP contribution >= 0.6 is 0 Å². The van der Waals surface area contributed by atoms with E-state index in [-0.39, 0.29) is 28.8 Å². The number of halogens is 3. The maximum atomic E-state index is 13.6. The molecule has 3 rings (SSSR count). The van der Waals surface area contributed by atoms with Crippen molar-refractivity contribution >= 4 is 11.0 Å². The molecular weight excluding hydrogens is 283 g/mol. The van der Waals surface area contributed by atoms with Gasteiger partial charge in [-0.2, -0.15) is 10.4 Å². The van der Waals surface area contributed by atoms with Gasteiger partial charge in [-0.3, -0.25) is 4.98 Å². The Balaban J connectivity index is 2.16. The summed E-state index contributed by atoms with van der Waals surface area (Å²) in [5.74, 6) is -2.29. The Morgan fingerprint density at radius 2 is 1.86 bits per heavy atom. The van der Waals surface area contributed by atoms with Gasteiger partial charge in [-0.25, -0.2) is 22.8 Å². The van der Waals surface area contributed by atoms with E-state index in [1.165, 1.54) is 0 Å². The molecule has 104 valence electrons. The van der Waals surface area contributed by atoms with E-state index in [4.69, 9.17) is 5.26 Å². The van der Waals surface area contributed by atoms with E-state index >= 15 is 0 Å². The van der Waals surface area contributed by atoms with Gasteiger partial charge in [0.15, 0.2) is 11.3 Å². The maximum Gasteiger partial charge on any atom is 0.172 e. The first kappa shape index (κ1) is 13.1. The molecule has 0 aliphatic carbocycles. The predicted octanol–water partition coefficient (Wildman–Crippen LogP) is 2.16. The zero-order valence-corrected chi connectivity index (χ0v) is 10.4. The van der Waals surface area contributed by atoms with Crippen LogP contribution in [0.5, 0.6) is 0 Å². The lowest BCUT2D eigenvalue weighted by atomic mass is 10.2. The second-order valence-corrected chi connectivity index (χ2v) is 4.22. The second kappa shape index (κ2) is 4.86. The normalized spacial score (nSPS) is 10.8. The lowest BCUT2D eigenvalue weighted by molar-refractivity contribution is 0.527. The van der Waals surface area contributed by atoms with Crippen LogP contribution in [0.4, 0.5) is 13.2 Å². The Labute approximate surface area is 116 Å². The molecule has 0 saturated heterocycles. The summed E-state index contributed by atoms with van der Waals surface area (Å²) in [6, 6.07) is 2.89. The van der Waals surface area contributed by atoms with Crippen molar-refractivity contribution < 1.29 is 13.2 Å². The highest BCUT2D eigenvalue weighted by molar-refractivity contribution is 5.80. The molecule has 3 aromatic rings. The average molecular weight is 289 g/mol. The first-order valence-corrected chi connectivity index (χ1v) is 5.80. The second-order valence-electron chi connectivity index (χ2n) is 4.22. The van der Waals surface area contributed by atoms with Crippen LogP contribution < -0.4 is 0 Å². The van der Waals surface area contributed by atoms with Gasteiger partial charge < -0.3 is 0 Å². The Kier molecular flexibility index (Phi) is 3.02. The van der Waals surface area contributed by atoms with Gasteiger partial charge in [0.1, 0.15) is 23.5 Å². The summed E-state index contributed by atoms with van der Waals surface area (Å²) in [5, 5.41) is 13.1. The number of rotatable bonds is 2. The number of hydrogen-bond donors (Lipinski definition) is 0. The van der Waals surface area contributed by atoms with Gasteiger partial charge >= 0.3 is 0 Å². The summed E-state index contributed by atoms with van der Waals surface area (Å²) in [7, 11) is 0. The van der Waals surface area contributed by atoms with Gasteiger partial charge in [-0.15, -0.1) is 0 Å². The highest BCUT2D eigenvalue weighted by Crippen LogP contribution is 2.19. The van der Waals surface area contributed by atoms with Gasteiger partial charge in [-0.1, -0.05) is 0 Å². The molecule has 0 aromatic carbocycles. The summed E-state index contributed by atoms with van der Waals surface area (Å²) >= 11 is 0. The number of hydrogen-bond acceptors (Lipinski definition) is 4. The van der Waals surface area contributed by atoms with Crippen LogP contribution in [0.3, 0.4) is 0 Å². The topological polar surface area (TPSA) is 67.4 Å². The van der Waals surface area contributed by atoms with E-state index < -0.39 is 17.5 Å². The molecule has 0 fully saturated rings.